The predicted octanol–water partition coefficient (Wildman–Crippen LogP) is 3.28. The Morgan fingerprint density at radius 1 is 1.11 bits per heavy atom. The highest BCUT2D eigenvalue weighted by atomic mass is 15.1. The summed E-state index contributed by atoms with van der Waals surface area (Å²) in [7, 11) is 2.36. The minimum Gasteiger partial charge on any atom is -0.317 e. The maximum Gasteiger partial charge on any atom is 0.00359 e. The summed E-state index contributed by atoms with van der Waals surface area (Å²) in [4.78, 5) is 2.64. The average molecular weight is 252 g/mol. The van der Waals surface area contributed by atoms with Crippen LogP contribution in [-0.2, 0) is 0 Å². The molecule has 1 aliphatic heterocycles. The van der Waals surface area contributed by atoms with E-state index in [1.807, 2.05) is 0 Å². The SMILES string of the molecule is CCC1(CN(C)CC2CCCCC2)CCNCC1. The summed E-state index contributed by atoms with van der Waals surface area (Å²) >= 11 is 0. The fourth-order valence-electron chi connectivity index (χ4n) is 4.03. The van der Waals surface area contributed by atoms with Gasteiger partial charge >= 0.3 is 0 Å². The van der Waals surface area contributed by atoms with Gasteiger partial charge in [-0.2, -0.15) is 0 Å². The van der Waals surface area contributed by atoms with Gasteiger partial charge in [0.1, 0.15) is 0 Å². The van der Waals surface area contributed by atoms with Gasteiger partial charge in [-0.05, 0) is 63.6 Å². The number of nitrogens with zero attached hydrogens (tertiary/aromatic N) is 1. The zero-order valence-electron chi connectivity index (χ0n) is 12.5. The lowest BCUT2D eigenvalue weighted by molar-refractivity contribution is 0.107. The largest absolute Gasteiger partial charge is 0.317 e. The molecule has 106 valence electrons. The van der Waals surface area contributed by atoms with E-state index in [4.69, 9.17) is 0 Å². The van der Waals surface area contributed by atoms with Gasteiger partial charge in [-0.1, -0.05) is 26.2 Å². The first kappa shape index (κ1) is 14.3. The molecule has 0 aromatic rings. The molecule has 0 unspecified atom stereocenters. The van der Waals surface area contributed by atoms with Crippen LogP contribution in [0.2, 0.25) is 0 Å². The Morgan fingerprint density at radius 2 is 1.78 bits per heavy atom. The molecule has 0 radical (unpaired) electrons. The van der Waals surface area contributed by atoms with Crippen LogP contribution in [0, 0.1) is 11.3 Å². The van der Waals surface area contributed by atoms with Crippen molar-refractivity contribution in [2.24, 2.45) is 11.3 Å². The molecule has 0 aromatic carbocycles. The molecule has 1 saturated heterocycles. The van der Waals surface area contributed by atoms with Crippen molar-refractivity contribution in [2.45, 2.75) is 58.3 Å². The highest BCUT2D eigenvalue weighted by Gasteiger charge is 2.31. The second kappa shape index (κ2) is 6.91. The first-order valence-electron chi connectivity index (χ1n) is 8.13. The summed E-state index contributed by atoms with van der Waals surface area (Å²) in [5, 5.41) is 3.51. The van der Waals surface area contributed by atoms with Crippen LogP contribution in [0.5, 0.6) is 0 Å². The summed E-state index contributed by atoms with van der Waals surface area (Å²) in [5.41, 5.74) is 0.606. The van der Waals surface area contributed by atoms with E-state index in [0.717, 1.165) is 5.92 Å². The number of hydrogen-bond acceptors (Lipinski definition) is 2. The lowest BCUT2D eigenvalue weighted by Crippen LogP contribution is -2.44. The van der Waals surface area contributed by atoms with Gasteiger partial charge < -0.3 is 10.2 Å². The van der Waals surface area contributed by atoms with Crippen LogP contribution in [-0.4, -0.2) is 38.1 Å². The zero-order valence-corrected chi connectivity index (χ0v) is 12.5. The maximum atomic E-state index is 3.51. The Kier molecular flexibility index (Phi) is 5.50. The quantitative estimate of drug-likeness (QED) is 0.808. The molecule has 2 heteroatoms. The standard InChI is InChI=1S/C16H32N2/c1-3-16(9-11-17-12-10-16)14-18(2)13-15-7-5-4-6-8-15/h15,17H,3-14H2,1-2H3. The van der Waals surface area contributed by atoms with Crippen molar-refractivity contribution in [3.8, 4) is 0 Å². The molecule has 0 atom stereocenters. The zero-order chi connectivity index (χ0) is 12.8. The molecule has 0 bridgehead atoms. The van der Waals surface area contributed by atoms with Gasteiger partial charge in [0.15, 0.2) is 0 Å². The molecule has 2 nitrogen and oxygen atoms in total. The van der Waals surface area contributed by atoms with E-state index >= 15 is 0 Å². The van der Waals surface area contributed by atoms with E-state index < -0.39 is 0 Å². The lowest BCUT2D eigenvalue weighted by atomic mass is 9.76. The molecule has 1 N–H and O–H groups in total. The molecule has 18 heavy (non-hydrogen) atoms. The van der Waals surface area contributed by atoms with E-state index in [-0.39, 0.29) is 0 Å². The Balaban J connectivity index is 1.78. The highest BCUT2D eigenvalue weighted by Crippen LogP contribution is 2.34. The number of hydrogen-bond donors (Lipinski definition) is 1. The van der Waals surface area contributed by atoms with Crippen molar-refractivity contribution in [1.82, 2.24) is 10.2 Å². The monoisotopic (exact) mass is 252 g/mol. The fraction of sp³-hybridized carbons (Fsp3) is 1.00. The van der Waals surface area contributed by atoms with Crippen LogP contribution < -0.4 is 5.32 Å². The summed E-state index contributed by atoms with van der Waals surface area (Å²) in [6.45, 7) is 7.51. The van der Waals surface area contributed by atoms with Crippen LogP contribution in [0.1, 0.15) is 58.3 Å². The molecule has 0 spiro atoms. The van der Waals surface area contributed by atoms with E-state index in [0.29, 0.717) is 5.41 Å². The Hall–Kier alpha value is -0.0800. The topological polar surface area (TPSA) is 15.3 Å². The van der Waals surface area contributed by atoms with E-state index in [1.54, 1.807) is 0 Å². The molecule has 1 aliphatic carbocycles. The lowest BCUT2D eigenvalue weighted by Gasteiger charge is -2.41. The number of nitrogens with one attached hydrogen (secondary N) is 1. The Labute approximate surface area is 114 Å². The van der Waals surface area contributed by atoms with E-state index in [2.05, 4.69) is 24.2 Å². The Morgan fingerprint density at radius 3 is 2.39 bits per heavy atom. The smallest absolute Gasteiger partial charge is 0.00359 e. The van der Waals surface area contributed by atoms with E-state index in [1.165, 1.54) is 77.5 Å². The van der Waals surface area contributed by atoms with Gasteiger partial charge in [-0.25, -0.2) is 0 Å². The van der Waals surface area contributed by atoms with Gasteiger partial charge in [-0.15, -0.1) is 0 Å². The highest BCUT2D eigenvalue weighted by molar-refractivity contribution is 4.86. The van der Waals surface area contributed by atoms with Gasteiger partial charge in [0.2, 0.25) is 0 Å². The molecule has 2 aliphatic rings. The summed E-state index contributed by atoms with van der Waals surface area (Å²) in [6.07, 6.45) is 11.5. The normalized spacial score (nSPS) is 25.5. The van der Waals surface area contributed by atoms with Crippen LogP contribution in [0.15, 0.2) is 0 Å². The molecular weight excluding hydrogens is 220 g/mol. The van der Waals surface area contributed by atoms with Crippen LogP contribution in [0.4, 0.5) is 0 Å². The molecule has 0 aromatic heterocycles. The fourth-order valence-corrected chi connectivity index (χ4v) is 4.03. The number of rotatable bonds is 5. The van der Waals surface area contributed by atoms with Crippen molar-refractivity contribution >= 4 is 0 Å². The van der Waals surface area contributed by atoms with Crippen molar-refractivity contribution in [3.63, 3.8) is 0 Å². The molecular formula is C16H32N2. The second-order valence-electron chi connectivity index (χ2n) is 6.80. The summed E-state index contributed by atoms with van der Waals surface area (Å²) in [5.74, 6) is 0.986. The Bertz CT molecular complexity index is 227. The van der Waals surface area contributed by atoms with E-state index in [9.17, 15) is 0 Å². The van der Waals surface area contributed by atoms with Crippen LogP contribution in [0.3, 0.4) is 0 Å². The van der Waals surface area contributed by atoms with Crippen LogP contribution >= 0.6 is 0 Å². The molecule has 2 fully saturated rings. The second-order valence-corrected chi connectivity index (χ2v) is 6.80. The van der Waals surface area contributed by atoms with Gasteiger partial charge in [0.05, 0.1) is 0 Å². The first-order chi connectivity index (χ1) is 8.74. The first-order valence-corrected chi connectivity index (χ1v) is 8.13. The third kappa shape index (κ3) is 3.96. The molecule has 1 heterocycles. The molecule has 0 amide bonds. The van der Waals surface area contributed by atoms with Gasteiger partial charge in [0, 0.05) is 13.1 Å². The van der Waals surface area contributed by atoms with Crippen LogP contribution in [0.25, 0.3) is 0 Å². The van der Waals surface area contributed by atoms with Gasteiger partial charge in [0.25, 0.3) is 0 Å². The minimum absolute atomic E-state index is 0.606. The van der Waals surface area contributed by atoms with Crippen molar-refractivity contribution in [1.29, 1.82) is 0 Å². The number of piperidine rings is 1. The maximum absolute atomic E-state index is 3.51. The van der Waals surface area contributed by atoms with Crippen molar-refractivity contribution in [3.05, 3.63) is 0 Å². The van der Waals surface area contributed by atoms with Crippen molar-refractivity contribution in [2.75, 3.05) is 33.2 Å². The molecule has 2 rings (SSSR count). The van der Waals surface area contributed by atoms with Crippen molar-refractivity contribution < 1.29 is 0 Å². The van der Waals surface area contributed by atoms with Gasteiger partial charge in [-0.3, -0.25) is 0 Å². The average Bonchev–Trinajstić information content (AvgIpc) is 2.41. The summed E-state index contributed by atoms with van der Waals surface area (Å²) in [6, 6.07) is 0. The third-order valence-electron chi connectivity index (χ3n) is 5.31. The molecule has 1 saturated carbocycles. The predicted molar refractivity (Wildman–Crippen MR) is 78.9 cm³/mol. The minimum atomic E-state index is 0.606. The third-order valence-corrected chi connectivity index (χ3v) is 5.31. The summed E-state index contributed by atoms with van der Waals surface area (Å²) < 4.78 is 0.